The fourth-order valence-electron chi connectivity index (χ4n) is 3.76. The van der Waals surface area contributed by atoms with Crippen LogP contribution in [0, 0.1) is 0 Å². The predicted molar refractivity (Wildman–Crippen MR) is 109 cm³/mol. The van der Waals surface area contributed by atoms with E-state index in [2.05, 4.69) is 59.1 Å². The average molecular weight is 377 g/mol. The van der Waals surface area contributed by atoms with Crippen LogP contribution < -0.4 is 10.6 Å². The molecule has 1 saturated carbocycles. The maximum atomic E-state index is 5.17. The molecule has 134 valence electrons. The van der Waals surface area contributed by atoms with Gasteiger partial charge in [0.25, 0.3) is 0 Å². The molecule has 0 bridgehead atoms. The Morgan fingerprint density at radius 1 is 1.13 bits per heavy atom. The summed E-state index contributed by atoms with van der Waals surface area (Å²) in [7, 11) is 1.61. The molecule has 0 spiro atoms. The third-order valence-electron chi connectivity index (χ3n) is 4.65. The Kier molecular flexibility index (Phi) is 7.87. The van der Waals surface area contributed by atoms with Crippen LogP contribution in [-0.2, 0) is 0 Å². The molecule has 0 radical (unpaired) electrons. The van der Waals surface area contributed by atoms with Gasteiger partial charge in [0.1, 0.15) is 7.42 Å². The Balaban J connectivity index is 2.03. The maximum absolute atomic E-state index is 5.17. The number of hydrogen-bond donors (Lipinski definition) is 2. The summed E-state index contributed by atoms with van der Waals surface area (Å²) in [4.78, 5) is 0. The van der Waals surface area contributed by atoms with Crippen molar-refractivity contribution in [1.29, 1.82) is 0 Å². The summed E-state index contributed by atoms with van der Waals surface area (Å²) in [6.07, 6.45) is 5.57. The predicted octanol–water partition coefficient (Wildman–Crippen LogP) is 3.79. The lowest BCUT2D eigenvalue weighted by Gasteiger charge is -2.35. The Morgan fingerprint density at radius 2 is 1.65 bits per heavy atom. The molecule has 0 aromatic heterocycles. The third-order valence-corrected chi connectivity index (χ3v) is 10.3. The van der Waals surface area contributed by atoms with E-state index in [1.807, 2.05) is 7.05 Å². The van der Waals surface area contributed by atoms with Crippen molar-refractivity contribution in [2.45, 2.75) is 77.5 Å². The van der Waals surface area contributed by atoms with Gasteiger partial charge >= 0.3 is 0 Å². The van der Waals surface area contributed by atoms with E-state index in [1.54, 1.807) is 0 Å². The van der Waals surface area contributed by atoms with Crippen LogP contribution in [0.1, 0.15) is 53.4 Å². The zero-order chi connectivity index (χ0) is 17.0. The second-order valence-electron chi connectivity index (χ2n) is 6.96. The van der Waals surface area contributed by atoms with Crippen LogP contribution in [0.25, 0.3) is 0 Å². The van der Waals surface area contributed by atoms with Crippen molar-refractivity contribution in [2.24, 2.45) is 0 Å². The molecule has 2 atom stereocenters. The highest BCUT2D eigenvalue weighted by Gasteiger charge is 2.49. The first kappa shape index (κ1) is 19.7. The lowest BCUT2D eigenvalue weighted by Crippen LogP contribution is -2.43. The molecule has 1 aliphatic carbocycles. The highest BCUT2D eigenvalue weighted by molar-refractivity contribution is 8.54. The number of nitrogens with one attached hydrogen (secondary N) is 2. The number of thiocarbonyl (C=S) groups is 1. The number of rotatable bonds is 6. The molecule has 4 nitrogen and oxygen atoms in total. The molecule has 0 aromatic carbocycles. The Hall–Kier alpha value is 0.390. The van der Waals surface area contributed by atoms with Crippen LogP contribution >= 0.6 is 31.0 Å². The minimum absolute atomic E-state index is 0.257. The third kappa shape index (κ3) is 4.72. The minimum Gasteiger partial charge on any atom is -0.366 e. The zero-order valence-corrected chi connectivity index (χ0v) is 17.7. The standard InChI is InChI=1S/C16H33N4PS2/c1-12(2)19-14-8-6-7-9-15(14)20(13(3)4)21(19)23-11-10-18-16(22)17-5/h12-15H,6-11H2,1-5H3,(H2,17,18,22)/t14-,15-/m1/s1. The summed E-state index contributed by atoms with van der Waals surface area (Å²) >= 11 is 7.31. The molecule has 23 heavy (non-hydrogen) atoms. The Labute approximate surface area is 153 Å². The van der Waals surface area contributed by atoms with Crippen molar-refractivity contribution in [3.8, 4) is 0 Å². The number of nitrogens with zero attached hydrogens (tertiary/aromatic N) is 2. The maximum Gasteiger partial charge on any atom is 0.166 e. The largest absolute Gasteiger partial charge is 0.366 e. The van der Waals surface area contributed by atoms with E-state index >= 15 is 0 Å². The first-order chi connectivity index (χ1) is 11.0. The van der Waals surface area contributed by atoms with Crippen molar-refractivity contribution in [2.75, 3.05) is 19.3 Å². The summed E-state index contributed by atoms with van der Waals surface area (Å²) in [6.45, 7) is 10.4. The molecule has 2 N–H and O–H groups in total. The molecule has 1 heterocycles. The van der Waals surface area contributed by atoms with Gasteiger partial charge in [-0.05, 0) is 52.8 Å². The van der Waals surface area contributed by atoms with E-state index in [4.69, 9.17) is 12.2 Å². The van der Waals surface area contributed by atoms with Crippen LogP contribution in [0.5, 0.6) is 0 Å². The van der Waals surface area contributed by atoms with Crippen LogP contribution in [0.3, 0.4) is 0 Å². The van der Waals surface area contributed by atoms with Gasteiger partial charge in [0, 0.05) is 43.5 Å². The molecule has 1 aliphatic heterocycles. The van der Waals surface area contributed by atoms with Crippen LogP contribution in [0.15, 0.2) is 0 Å². The molecule has 2 rings (SSSR count). The van der Waals surface area contributed by atoms with E-state index in [1.165, 1.54) is 25.7 Å². The van der Waals surface area contributed by atoms with Crippen LogP contribution in [-0.4, -0.2) is 58.0 Å². The number of hydrogen-bond acceptors (Lipinski definition) is 4. The van der Waals surface area contributed by atoms with Crippen molar-refractivity contribution in [1.82, 2.24) is 20.0 Å². The van der Waals surface area contributed by atoms with Crippen LogP contribution in [0.4, 0.5) is 0 Å². The van der Waals surface area contributed by atoms with E-state index in [0.29, 0.717) is 12.1 Å². The lowest BCUT2D eigenvalue weighted by atomic mass is 9.89. The first-order valence-corrected chi connectivity index (χ1v) is 12.2. The summed E-state index contributed by atoms with van der Waals surface area (Å²) in [5.41, 5.74) is 0. The van der Waals surface area contributed by atoms with Crippen molar-refractivity contribution in [3.63, 3.8) is 0 Å². The highest BCUT2D eigenvalue weighted by Crippen LogP contribution is 2.66. The van der Waals surface area contributed by atoms with Crippen molar-refractivity contribution in [3.05, 3.63) is 0 Å². The van der Waals surface area contributed by atoms with E-state index in [0.717, 1.165) is 29.5 Å². The minimum atomic E-state index is -0.257. The summed E-state index contributed by atoms with van der Waals surface area (Å²) in [6, 6.07) is 2.82. The Bertz CT molecular complexity index is 370. The molecule has 1 saturated heterocycles. The SMILES string of the molecule is CNC(=S)NCCSP1N(C(C)C)[C@@H]2CCCC[C@H]2N1C(C)C. The Morgan fingerprint density at radius 3 is 2.09 bits per heavy atom. The fraction of sp³-hybridized carbons (Fsp3) is 0.938. The molecule has 0 aromatic rings. The quantitative estimate of drug-likeness (QED) is 0.417. The van der Waals surface area contributed by atoms with E-state index in [9.17, 15) is 0 Å². The van der Waals surface area contributed by atoms with Crippen LogP contribution in [0.2, 0.25) is 0 Å². The molecule has 7 heteroatoms. The first-order valence-electron chi connectivity index (χ1n) is 8.92. The van der Waals surface area contributed by atoms with Gasteiger partial charge in [-0.2, -0.15) is 0 Å². The molecular weight excluding hydrogens is 343 g/mol. The number of fused-ring (bicyclic) bond motifs is 1. The molecule has 0 unspecified atom stereocenters. The fourth-order valence-corrected chi connectivity index (χ4v) is 9.98. The van der Waals surface area contributed by atoms with Gasteiger partial charge in [-0.15, -0.1) is 11.4 Å². The second kappa shape index (κ2) is 9.19. The zero-order valence-electron chi connectivity index (χ0n) is 15.2. The van der Waals surface area contributed by atoms with Crippen molar-refractivity contribution < 1.29 is 0 Å². The molecule has 2 aliphatic rings. The van der Waals surface area contributed by atoms with Gasteiger partial charge in [0.15, 0.2) is 5.11 Å². The van der Waals surface area contributed by atoms with Crippen molar-refractivity contribution >= 4 is 36.1 Å². The second-order valence-corrected chi connectivity index (χ2v) is 11.2. The molecular formula is C16H33N4PS2. The summed E-state index contributed by atoms with van der Waals surface area (Å²) in [5, 5.41) is 7.01. The monoisotopic (exact) mass is 376 g/mol. The molecule has 2 fully saturated rings. The van der Waals surface area contributed by atoms with Gasteiger partial charge in [-0.3, -0.25) is 9.34 Å². The van der Waals surface area contributed by atoms with Gasteiger partial charge in [-0.1, -0.05) is 12.8 Å². The summed E-state index contributed by atoms with van der Waals surface area (Å²) < 4.78 is 5.69. The molecule has 0 amide bonds. The van der Waals surface area contributed by atoms with Gasteiger partial charge in [-0.25, -0.2) is 0 Å². The highest BCUT2D eigenvalue weighted by atomic mass is 32.7. The lowest BCUT2D eigenvalue weighted by molar-refractivity contribution is 0.173. The topological polar surface area (TPSA) is 30.5 Å². The van der Waals surface area contributed by atoms with E-state index < -0.39 is 0 Å². The van der Waals surface area contributed by atoms with Gasteiger partial charge < -0.3 is 10.6 Å². The smallest absolute Gasteiger partial charge is 0.166 e. The normalized spacial score (nSPS) is 26.7. The summed E-state index contributed by atoms with van der Waals surface area (Å²) in [5.74, 6) is 1.11. The van der Waals surface area contributed by atoms with E-state index in [-0.39, 0.29) is 7.42 Å². The average Bonchev–Trinajstić information content (AvgIpc) is 2.85. The van der Waals surface area contributed by atoms with Gasteiger partial charge in [0.05, 0.1) is 0 Å². The van der Waals surface area contributed by atoms with Gasteiger partial charge in [0.2, 0.25) is 0 Å².